The van der Waals surface area contributed by atoms with Crippen molar-refractivity contribution in [3.8, 4) is 0 Å². The minimum Gasteiger partial charge on any atom is -1.00 e. The van der Waals surface area contributed by atoms with Crippen molar-refractivity contribution in [1.29, 1.82) is 0 Å². The van der Waals surface area contributed by atoms with Gasteiger partial charge in [0.05, 0.1) is 0 Å². The van der Waals surface area contributed by atoms with Crippen LogP contribution in [0.2, 0.25) is 0 Å². The van der Waals surface area contributed by atoms with Gasteiger partial charge in [0.25, 0.3) is 0 Å². The average molecular weight is 427 g/mol. The number of hydrogen-bond acceptors (Lipinski definition) is 0. The van der Waals surface area contributed by atoms with Crippen molar-refractivity contribution < 1.29 is 60.5 Å². The summed E-state index contributed by atoms with van der Waals surface area (Å²) >= 11 is 0. The largest absolute Gasteiger partial charge is 4.00 e. The van der Waals surface area contributed by atoms with E-state index in [0.29, 0.717) is 12.1 Å². The Morgan fingerprint density at radius 2 is 1.27 bits per heavy atom. The molecule has 0 N–H and O–H groups in total. The van der Waals surface area contributed by atoms with Crippen LogP contribution in [0.15, 0.2) is 54.7 Å². The molecule has 138 valence electrons. The van der Waals surface area contributed by atoms with Crippen LogP contribution >= 0.6 is 0 Å². The van der Waals surface area contributed by atoms with Crippen LogP contribution in [0.1, 0.15) is 24.0 Å². The molecule has 8 heteroatoms. The Kier molecular flexibility index (Phi) is 13.5. The minimum atomic E-state index is -4.66. The second kappa shape index (κ2) is 13.0. The number of hydrogen-bond donors (Lipinski definition) is 0. The van der Waals surface area contributed by atoms with Crippen LogP contribution in [0.4, 0.5) is 26.3 Å². The predicted molar refractivity (Wildman–Crippen MR) is 78.4 cm³/mol. The molecule has 0 fully saturated rings. The molecule has 0 amide bonds. The molecule has 0 aliphatic heterocycles. The Labute approximate surface area is 169 Å². The molecule has 0 saturated carbocycles. The number of alkyl halides is 6. The second-order valence-electron chi connectivity index (χ2n) is 4.49. The summed E-state index contributed by atoms with van der Waals surface area (Å²) in [5.74, 6) is 0. The monoisotopic (exact) mass is 426 g/mol. The van der Waals surface area contributed by atoms with Crippen LogP contribution in [0.5, 0.6) is 0 Å². The van der Waals surface area contributed by atoms with E-state index < -0.39 is 23.5 Å². The summed E-state index contributed by atoms with van der Waals surface area (Å²) < 4.78 is 71.5. The van der Waals surface area contributed by atoms with Gasteiger partial charge >= 0.3 is 34.1 Å². The summed E-state index contributed by atoms with van der Waals surface area (Å²) in [5.41, 5.74) is -2.36. The smallest absolute Gasteiger partial charge is 1.00 e. The molecule has 0 unspecified atom stereocenters. The number of allylic oxidation sites excluding steroid dienone is 8. The van der Waals surface area contributed by atoms with Crippen molar-refractivity contribution in [2.45, 2.75) is 25.2 Å². The summed E-state index contributed by atoms with van der Waals surface area (Å²) in [6, 6.07) is 2.54. The van der Waals surface area contributed by atoms with Gasteiger partial charge in [0.15, 0.2) is 0 Å². The maximum atomic E-state index is 11.9. The predicted octanol–water partition coefficient (Wildman–Crippen LogP) is 3.14. The molecule has 0 spiro atoms. The van der Waals surface area contributed by atoms with Gasteiger partial charge < -0.3 is 12.4 Å². The van der Waals surface area contributed by atoms with Crippen LogP contribution < -0.4 is 12.4 Å². The van der Waals surface area contributed by atoms with E-state index in [1.54, 1.807) is 0 Å². The molecule has 0 nitrogen and oxygen atoms in total. The van der Waals surface area contributed by atoms with E-state index in [1.807, 2.05) is 24.3 Å². The Balaban J connectivity index is 0. The van der Waals surface area contributed by atoms with Crippen LogP contribution in [0, 0.1) is 18.2 Å². The first-order valence-electron chi connectivity index (χ1n) is 6.81. The maximum Gasteiger partial charge on any atom is 4.00 e. The van der Waals surface area contributed by atoms with Gasteiger partial charge in [-0.2, -0.15) is 62.8 Å². The fraction of sp³-hybridized carbons (Fsp3) is 0.222. The minimum absolute atomic E-state index is 0. The molecule has 0 radical (unpaired) electrons. The fourth-order valence-electron chi connectivity index (χ4n) is 1.46. The molecule has 26 heavy (non-hydrogen) atoms. The second-order valence-corrected chi connectivity index (χ2v) is 4.49. The molecule has 1 aromatic rings. The molecule has 2 aliphatic rings. The van der Waals surface area contributed by atoms with Gasteiger partial charge in [-0.05, 0) is 0 Å². The molecule has 0 aromatic heterocycles. The van der Waals surface area contributed by atoms with Gasteiger partial charge in [-0.3, -0.25) is 12.2 Å². The van der Waals surface area contributed by atoms with E-state index in [4.69, 9.17) is 0 Å². The number of benzene rings is 1. The van der Waals surface area contributed by atoms with Crippen molar-refractivity contribution in [2.24, 2.45) is 0 Å². The van der Waals surface area contributed by atoms with E-state index in [9.17, 15) is 26.3 Å². The Bertz CT molecular complexity index is 535. The van der Waals surface area contributed by atoms with Crippen LogP contribution in [-0.2, 0) is 34.1 Å². The molecule has 0 heterocycles. The van der Waals surface area contributed by atoms with Crippen molar-refractivity contribution in [1.82, 2.24) is 0 Å². The molecule has 0 saturated heterocycles. The standard InChI is InChI=1S/C8H3F6.2C5H5.ClH.Ti/c9-7(10,11)5-1-2-6(4-3-5)8(12,13)14;2*1-2-4-5-3-1;;/h1-3H;2*1-3H,4H2;1H;/q3*-1;;+4/p-1. The van der Waals surface area contributed by atoms with E-state index >= 15 is 0 Å². The van der Waals surface area contributed by atoms with Crippen molar-refractivity contribution >= 4 is 0 Å². The first-order chi connectivity index (χ1) is 11.2. The average Bonchev–Trinajstić information content (AvgIpc) is 3.24. The van der Waals surface area contributed by atoms with Gasteiger partial charge in [-0.1, -0.05) is 11.1 Å². The molecular formula is C18H13ClF6Ti. The molecule has 1 aromatic carbocycles. The van der Waals surface area contributed by atoms with E-state index in [0.717, 1.165) is 12.8 Å². The first-order valence-corrected chi connectivity index (χ1v) is 6.81. The SMILES string of the molecule is FC(F)(F)c1[c-]cc(C(F)(F)F)cc1.[C-]1=CC=CC1.[C-]1=CC=CC1.[Cl-].[Ti+4]. The van der Waals surface area contributed by atoms with Gasteiger partial charge in [0.1, 0.15) is 0 Å². The Morgan fingerprint density at radius 3 is 1.46 bits per heavy atom. The first kappa shape index (κ1) is 27.0. The zero-order valence-corrected chi connectivity index (χ0v) is 15.6. The van der Waals surface area contributed by atoms with E-state index in [2.05, 4.69) is 24.3 Å². The summed E-state index contributed by atoms with van der Waals surface area (Å²) in [6.45, 7) is 0. The third-order valence-corrected chi connectivity index (χ3v) is 2.62. The Morgan fingerprint density at radius 1 is 0.769 bits per heavy atom. The summed E-state index contributed by atoms with van der Waals surface area (Å²) in [4.78, 5) is 0. The molecule has 3 rings (SSSR count). The number of rotatable bonds is 0. The van der Waals surface area contributed by atoms with Gasteiger partial charge in [0, 0.05) is 0 Å². The quantitative estimate of drug-likeness (QED) is 0.340. The van der Waals surface area contributed by atoms with Crippen molar-refractivity contribution in [3.63, 3.8) is 0 Å². The maximum absolute atomic E-state index is 11.9. The zero-order chi connectivity index (χ0) is 18.1. The summed E-state index contributed by atoms with van der Waals surface area (Å²) in [6.07, 6.45) is 10.7. The van der Waals surface area contributed by atoms with Crippen LogP contribution in [-0.4, -0.2) is 0 Å². The van der Waals surface area contributed by atoms with Gasteiger partial charge in [-0.15, -0.1) is 12.8 Å². The zero-order valence-electron chi connectivity index (χ0n) is 13.3. The topological polar surface area (TPSA) is 0 Å². The van der Waals surface area contributed by atoms with Gasteiger partial charge in [-0.25, -0.2) is 24.3 Å². The summed E-state index contributed by atoms with van der Waals surface area (Å²) in [7, 11) is 0. The molecule has 0 atom stereocenters. The third-order valence-electron chi connectivity index (χ3n) is 2.62. The van der Waals surface area contributed by atoms with E-state index in [1.165, 1.54) is 6.07 Å². The molecule has 2 aliphatic carbocycles. The van der Waals surface area contributed by atoms with Crippen molar-refractivity contribution in [3.05, 3.63) is 84.0 Å². The molecule has 0 bridgehead atoms. The van der Waals surface area contributed by atoms with Gasteiger partial charge in [0.2, 0.25) is 0 Å². The van der Waals surface area contributed by atoms with Crippen LogP contribution in [0.25, 0.3) is 0 Å². The Hall–Kier alpha value is -1.24. The fourth-order valence-corrected chi connectivity index (χ4v) is 1.46. The summed E-state index contributed by atoms with van der Waals surface area (Å²) in [5, 5.41) is 0. The van der Waals surface area contributed by atoms with Crippen LogP contribution in [0.3, 0.4) is 0 Å². The molecular weight excluding hydrogens is 414 g/mol. The third kappa shape index (κ3) is 11.4. The van der Waals surface area contributed by atoms with Crippen molar-refractivity contribution in [2.75, 3.05) is 0 Å². The number of halogens is 7. The normalized spacial score (nSPS) is 13.8. The van der Waals surface area contributed by atoms with E-state index in [-0.39, 0.29) is 40.2 Å².